The highest BCUT2D eigenvalue weighted by Gasteiger charge is 2.06. The van der Waals surface area contributed by atoms with Crippen LogP contribution in [0.2, 0.25) is 0 Å². The van der Waals surface area contributed by atoms with E-state index >= 15 is 0 Å². The molecule has 0 saturated carbocycles. The van der Waals surface area contributed by atoms with E-state index in [-0.39, 0.29) is 5.91 Å². The van der Waals surface area contributed by atoms with Crippen LogP contribution in [0.15, 0.2) is 30.3 Å². The molecule has 2 rings (SSSR count). The number of benzene rings is 1. The van der Waals surface area contributed by atoms with E-state index in [1.165, 1.54) is 0 Å². The first-order valence-electron chi connectivity index (χ1n) is 7.55. The first kappa shape index (κ1) is 17.2. The molecule has 2 aromatic rings. The van der Waals surface area contributed by atoms with Crippen molar-refractivity contribution in [1.29, 1.82) is 5.26 Å². The molecule has 1 amide bonds. The summed E-state index contributed by atoms with van der Waals surface area (Å²) in [5.74, 6) is 2.01. The van der Waals surface area contributed by atoms with Gasteiger partial charge in [0.05, 0.1) is 11.6 Å². The van der Waals surface area contributed by atoms with Crippen molar-refractivity contribution in [3.05, 3.63) is 47.3 Å². The van der Waals surface area contributed by atoms with Crippen LogP contribution in [0.1, 0.15) is 21.7 Å². The Labute approximate surface area is 141 Å². The number of hydrogen-bond donors (Lipinski definition) is 2. The van der Waals surface area contributed by atoms with Crippen molar-refractivity contribution >= 4 is 17.5 Å². The number of aryl methyl sites for hydroxylation is 1. The lowest BCUT2D eigenvalue weighted by Crippen LogP contribution is -2.29. The van der Waals surface area contributed by atoms with E-state index in [1.807, 2.05) is 38.1 Å². The molecule has 7 heteroatoms. The fourth-order valence-corrected chi connectivity index (χ4v) is 2.07. The number of amides is 1. The Morgan fingerprint density at radius 1 is 1.25 bits per heavy atom. The molecular weight excluding hydrogens is 304 g/mol. The van der Waals surface area contributed by atoms with Crippen LogP contribution in [0.3, 0.4) is 0 Å². The molecule has 1 heterocycles. The molecule has 0 aliphatic heterocycles. The Balaban J connectivity index is 1.86. The summed E-state index contributed by atoms with van der Waals surface area (Å²) in [5, 5.41) is 14.8. The van der Waals surface area contributed by atoms with Gasteiger partial charge in [-0.1, -0.05) is 6.07 Å². The highest BCUT2D eigenvalue weighted by atomic mass is 16.1. The van der Waals surface area contributed by atoms with Gasteiger partial charge in [0, 0.05) is 38.8 Å². The summed E-state index contributed by atoms with van der Waals surface area (Å²) in [6, 6.07) is 10.5. The molecule has 0 aliphatic carbocycles. The molecule has 0 bridgehead atoms. The zero-order chi connectivity index (χ0) is 17.5. The smallest absolute Gasteiger partial charge is 0.251 e. The van der Waals surface area contributed by atoms with Crippen LogP contribution < -0.4 is 15.5 Å². The van der Waals surface area contributed by atoms with E-state index in [4.69, 9.17) is 5.26 Å². The second kappa shape index (κ2) is 7.92. The summed E-state index contributed by atoms with van der Waals surface area (Å²) in [7, 11) is 3.84. The fourth-order valence-electron chi connectivity index (χ4n) is 2.07. The number of aromatic nitrogens is 2. The third-order valence-electron chi connectivity index (χ3n) is 3.25. The summed E-state index contributed by atoms with van der Waals surface area (Å²) in [4.78, 5) is 22.6. The molecule has 0 aliphatic rings. The minimum Gasteiger partial charge on any atom is -0.368 e. The summed E-state index contributed by atoms with van der Waals surface area (Å²) in [6.07, 6.45) is 0. The van der Waals surface area contributed by atoms with Crippen LogP contribution >= 0.6 is 0 Å². The van der Waals surface area contributed by atoms with Crippen LogP contribution in [-0.4, -0.2) is 43.1 Å². The third kappa shape index (κ3) is 4.68. The molecule has 1 aromatic heterocycles. The maximum atomic E-state index is 12.0. The monoisotopic (exact) mass is 324 g/mol. The largest absolute Gasteiger partial charge is 0.368 e. The molecular formula is C17H20N6O. The van der Waals surface area contributed by atoms with E-state index in [2.05, 4.69) is 20.6 Å². The van der Waals surface area contributed by atoms with Crippen LogP contribution in [-0.2, 0) is 0 Å². The lowest BCUT2D eigenvalue weighted by Gasteiger charge is -2.14. The standard InChI is InChI=1S/C17H20N6O/c1-12-21-15(10-16(22-12)23(2)3)19-7-8-20-17(24)14-6-4-5-13(9-14)11-18/h4-6,9-10H,7-8H2,1-3H3,(H,20,24)(H,19,21,22). The Morgan fingerprint density at radius 3 is 2.75 bits per heavy atom. The molecule has 7 nitrogen and oxygen atoms in total. The third-order valence-corrected chi connectivity index (χ3v) is 3.25. The van der Waals surface area contributed by atoms with E-state index < -0.39 is 0 Å². The van der Waals surface area contributed by atoms with E-state index in [1.54, 1.807) is 24.3 Å². The average Bonchev–Trinajstić information content (AvgIpc) is 2.58. The zero-order valence-electron chi connectivity index (χ0n) is 14.0. The van der Waals surface area contributed by atoms with Crippen molar-refractivity contribution < 1.29 is 4.79 Å². The Morgan fingerprint density at radius 2 is 2.04 bits per heavy atom. The highest BCUT2D eigenvalue weighted by Crippen LogP contribution is 2.12. The minimum absolute atomic E-state index is 0.207. The fraction of sp³-hybridized carbons (Fsp3) is 0.294. The van der Waals surface area contributed by atoms with Gasteiger partial charge in [-0.05, 0) is 25.1 Å². The predicted octanol–water partition coefficient (Wildman–Crippen LogP) is 1.56. The summed E-state index contributed by atoms with van der Waals surface area (Å²) >= 11 is 0. The highest BCUT2D eigenvalue weighted by molar-refractivity contribution is 5.94. The van der Waals surface area contributed by atoms with Gasteiger partial charge in [-0.3, -0.25) is 4.79 Å². The maximum Gasteiger partial charge on any atom is 0.251 e. The number of carbonyl (C=O) groups is 1. The van der Waals surface area contributed by atoms with Gasteiger partial charge in [0.25, 0.3) is 5.91 Å². The topological polar surface area (TPSA) is 93.9 Å². The summed E-state index contributed by atoms with van der Waals surface area (Å²) in [5.41, 5.74) is 0.940. The minimum atomic E-state index is -0.207. The van der Waals surface area contributed by atoms with Crippen molar-refractivity contribution in [2.45, 2.75) is 6.92 Å². The Kier molecular flexibility index (Phi) is 5.68. The van der Waals surface area contributed by atoms with Gasteiger partial charge >= 0.3 is 0 Å². The van der Waals surface area contributed by atoms with Crippen molar-refractivity contribution in [2.75, 3.05) is 37.4 Å². The lowest BCUT2D eigenvalue weighted by atomic mass is 10.1. The maximum absolute atomic E-state index is 12.0. The number of rotatable bonds is 6. The molecule has 0 spiro atoms. The van der Waals surface area contributed by atoms with Crippen LogP contribution in [0.25, 0.3) is 0 Å². The molecule has 1 aromatic carbocycles. The quantitative estimate of drug-likeness (QED) is 0.783. The van der Waals surface area contributed by atoms with Crippen molar-refractivity contribution in [1.82, 2.24) is 15.3 Å². The number of hydrogen-bond acceptors (Lipinski definition) is 6. The van der Waals surface area contributed by atoms with Crippen LogP contribution in [0.4, 0.5) is 11.6 Å². The molecule has 0 saturated heterocycles. The summed E-state index contributed by atoms with van der Waals surface area (Å²) in [6.45, 7) is 2.81. The van der Waals surface area contributed by atoms with Gasteiger partial charge in [0.2, 0.25) is 0 Å². The van der Waals surface area contributed by atoms with Crippen LogP contribution in [0, 0.1) is 18.3 Å². The molecule has 24 heavy (non-hydrogen) atoms. The first-order valence-corrected chi connectivity index (χ1v) is 7.55. The zero-order valence-corrected chi connectivity index (χ0v) is 14.0. The van der Waals surface area contributed by atoms with Gasteiger partial charge in [-0.15, -0.1) is 0 Å². The van der Waals surface area contributed by atoms with Gasteiger partial charge in [-0.2, -0.15) is 5.26 Å². The van der Waals surface area contributed by atoms with Gasteiger partial charge < -0.3 is 15.5 Å². The second-order valence-electron chi connectivity index (χ2n) is 5.43. The van der Waals surface area contributed by atoms with Gasteiger partial charge in [0.15, 0.2) is 0 Å². The predicted molar refractivity (Wildman–Crippen MR) is 93.1 cm³/mol. The number of carbonyl (C=O) groups excluding carboxylic acids is 1. The number of nitriles is 1. The molecule has 0 atom stereocenters. The van der Waals surface area contributed by atoms with Crippen molar-refractivity contribution in [3.8, 4) is 6.07 Å². The number of anilines is 2. The van der Waals surface area contributed by atoms with E-state index in [0.717, 1.165) is 5.82 Å². The first-order chi connectivity index (χ1) is 11.5. The van der Waals surface area contributed by atoms with Crippen LogP contribution in [0.5, 0.6) is 0 Å². The second-order valence-corrected chi connectivity index (χ2v) is 5.43. The summed E-state index contributed by atoms with van der Waals surface area (Å²) < 4.78 is 0. The van der Waals surface area contributed by atoms with Gasteiger partial charge in [0.1, 0.15) is 17.5 Å². The van der Waals surface area contributed by atoms with E-state index in [0.29, 0.717) is 35.9 Å². The SMILES string of the molecule is Cc1nc(NCCNC(=O)c2cccc(C#N)c2)cc(N(C)C)n1. The molecule has 124 valence electrons. The molecule has 0 radical (unpaired) electrons. The van der Waals surface area contributed by atoms with Gasteiger partial charge in [-0.25, -0.2) is 9.97 Å². The Bertz CT molecular complexity index is 766. The number of nitrogens with one attached hydrogen (secondary N) is 2. The van der Waals surface area contributed by atoms with E-state index in [9.17, 15) is 4.79 Å². The van der Waals surface area contributed by atoms with Crippen molar-refractivity contribution in [2.24, 2.45) is 0 Å². The molecule has 2 N–H and O–H groups in total. The lowest BCUT2D eigenvalue weighted by molar-refractivity contribution is 0.0955. The Hall–Kier alpha value is -3.14. The molecule has 0 unspecified atom stereocenters. The molecule has 0 fully saturated rings. The van der Waals surface area contributed by atoms with Crippen molar-refractivity contribution in [3.63, 3.8) is 0 Å². The number of nitrogens with zero attached hydrogens (tertiary/aromatic N) is 4. The average molecular weight is 324 g/mol. The normalized spacial score (nSPS) is 9.92.